The number of halogens is 2. The third kappa shape index (κ3) is 4.21. The minimum absolute atomic E-state index is 0.197. The Morgan fingerprint density at radius 3 is 2.55 bits per heavy atom. The Bertz CT molecular complexity index is 1200. The summed E-state index contributed by atoms with van der Waals surface area (Å²) >= 11 is 7.68. The Morgan fingerprint density at radius 2 is 1.77 bits per heavy atom. The van der Waals surface area contributed by atoms with Gasteiger partial charge in [-0.15, -0.1) is 10.2 Å². The third-order valence-electron chi connectivity index (χ3n) is 6.58. The molecule has 3 nitrogen and oxygen atoms in total. The predicted molar refractivity (Wildman–Crippen MR) is 125 cm³/mol. The lowest BCUT2D eigenvalue weighted by Gasteiger charge is -2.32. The fourth-order valence-electron chi connectivity index (χ4n) is 4.76. The molecule has 0 radical (unpaired) electrons. The lowest BCUT2D eigenvalue weighted by Crippen LogP contribution is -2.18. The second-order valence-electron chi connectivity index (χ2n) is 8.41. The van der Waals surface area contributed by atoms with Crippen molar-refractivity contribution in [2.75, 3.05) is 0 Å². The van der Waals surface area contributed by atoms with Crippen LogP contribution in [0, 0.1) is 11.7 Å². The van der Waals surface area contributed by atoms with Gasteiger partial charge in [-0.3, -0.25) is 4.98 Å². The molecule has 0 saturated heterocycles. The first kappa shape index (κ1) is 20.5. The lowest BCUT2D eigenvalue weighted by molar-refractivity contribution is 0.290. The summed E-state index contributed by atoms with van der Waals surface area (Å²) in [7, 11) is 0. The Hall–Kier alpha value is -2.37. The predicted octanol–water partition coefficient (Wildman–Crippen LogP) is 7.62. The fourth-order valence-corrected chi connectivity index (χ4v) is 5.87. The zero-order valence-corrected chi connectivity index (χ0v) is 18.8. The maximum Gasteiger partial charge on any atom is 0.147 e. The van der Waals surface area contributed by atoms with Gasteiger partial charge in [-0.2, -0.15) is 0 Å². The highest BCUT2D eigenvalue weighted by atomic mass is 35.5. The Labute approximate surface area is 190 Å². The molecule has 1 fully saturated rings. The van der Waals surface area contributed by atoms with Crippen LogP contribution in [0.4, 0.5) is 4.39 Å². The number of benzene rings is 2. The molecule has 0 amide bonds. The molecular formula is C25H23ClFN3S. The normalized spacial score (nSPS) is 20.1. The molecule has 0 bridgehead atoms. The molecule has 0 unspecified atom stereocenters. The highest BCUT2D eigenvalue weighted by molar-refractivity contribution is 7.14. The largest absolute Gasteiger partial charge is 0.256 e. The van der Waals surface area contributed by atoms with Crippen LogP contribution in [0.2, 0.25) is 5.02 Å². The van der Waals surface area contributed by atoms with E-state index in [9.17, 15) is 4.39 Å². The van der Waals surface area contributed by atoms with Crippen molar-refractivity contribution in [3.63, 3.8) is 0 Å². The van der Waals surface area contributed by atoms with Gasteiger partial charge in [0, 0.05) is 28.1 Å². The topological polar surface area (TPSA) is 38.7 Å². The highest BCUT2D eigenvalue weighted by Gasteiger charge is 2.29. The minimum atomic E-state index is -0.197. The monoisotopic (exact) mass is 451 g/mol. The van der Waals surface area contributed by atoms with Crippen molar-refractivity contribution in [1.29, 1.82) is 0 Å². The Balaban J connectivity index is 1.29. The minimum Gasteiger partial charge on any atom is -0.256 e. The number of rotatable bonds is 4. The van der Waals surface area contributed by atoms with Crippen LogP contribution in [0.25, 0.3) is 21.5 Å². The van der Waals surface area contributed by atoms with Gasteiger partial charge in [0.25, 0.3) is 0 Å². The van der Waals surface area contributed by atoms with Crippen LogP contribution in [-0.2, 0) is 0 Å². The molecule has 0 spiro atoms. The van der Waals surface area contributed by atoms with Crippen molar-refractivity contribution < 1.29 is 4.39 Å². The van der Waals surface area contributed by atoms with Crippen LogP contribution in [-0.4, -0.2) is 15.2 Å². The molecule has 2 aromatic carbocycles. The van der Waals surface area contributed by atoms with Crippen LogP contribution in [0.5, 0.6) is 0 Å². The molecule has 6 heteroatoms. The van der Waals surface area contributed by atoms with Crippen molar-refractivity contribution in [3.05, 3.63) is 76.1 Å². The molecule has 1 aliphatic rings. The average Bonchev–Trinajstić information content (AvgIpc) is 3.29. The van der Waals surface area contributed by atoms with Gasteiger partial charge in [0.15, 0.2) is 0 Å². The van der Waals surface area contributed by atoms with Crippen LogP contribution >= 0.6 is 22.9 Å². The van der Waals surface area contributed by atoms with Gasteiger partial charge >= 0.3 is 0 Å². The molecule has 5 rings (SSSR count). The first-order valence-electron chi connectivity index (χ1n) is 10.7. The Morgan fingerprint density at radius 1 is 1.00 bits per heavy atom. The number of hydrogen-bond acceptors (Lipinski definition) is 4. The smallest absolute Gasteiger partial charge is 0.147 e. The van der Waals surface area contributed by atoms with E-state index < -0.39 is 0 Å². The van der Waals surface area contributed by atoms with E-state index in [2.05, 4.69) is 28.2 Å². The summed E-state index contributed by atoms with van der Waals surface area (Å²) in [4.78, 5) is 4.40. The van der Waals surface area contributed by atoms with E-state index in [0.29, 0.717) is 17.8 Å². The molecule has 1 aliphatic carbocycles. The van der Waals surface area contributed by atoms with Crippen LogP contribution < -0.4 is 0 Å². The zero-order chi connectivity index (χ0) is 21.4. The summed E-state index contributed by atoms with van der Waals surface area (Å²) in [6, 6.07) is 14.7. The van der Waals surface area contributed by atoms with Crippen molar-refractivity contribution in [1.82, 2.24) is 15.2 Å². The maximum absolute atomic E-state index is 13.8. The summed E-state index contributed by atoms with van der Waals surface area (Å²) in [5.74, 6) is 1.23. The summed E-state index contributed by atoms with van der Waals surface area (Å²) in [6.07, 6.45) is 6.34. The first-order valence-corrected chi connectivity index (χ1v) is 11.9. The van der Waals surface area contributed by atoms with Crippen molar-refractivity contribution in [2.45, 2.75) is 44.4 Å². The van der Waals surface area contributed by atoms with Gasteiger partial charge in [0.2, 0.25) is 0 Å². The quantitative estimate of drug-likeness (QED) is 0.320. The van der Waals surface area contributed by atoms with Gasteiger partial charge in [-0.05, 0) is 79.5 Å². The molecule has 1 atom stereocenters. The molecule has 158 valence electrons. The molecule has 0 N–H and O–H groups in total. The van der Waals surface area contributed by atoms with E-state index >= 15 is 0 Å². The summed E-state index contributed by atoms with van der Waals surface area (Å²) in [6.45, 7) is 2.27. The van der Waals surface area contributed by atoms with E-state index in [4.69, 9.17) is 11.6 Å². The van der Waals surface area contributed by atoms with Crippen molar-refractivity contribution in [3.8, 4) is 10.6 Å². The van der Waals surface area contributed by atoms with Gasteiger partial charge < -0.3 is 0 Å². The fraction of sp³-hybridized carbons (Fsp3) is 0.320. The van der Waals surface area contributed by atoms with E-state index in [1.807, 2.05) is 30.5 Å². The second kappa shape index (κ2) is 8.64. The molecule has 2 aromatic heterocycles. The summed E-state index contributed by atoms with van der Waals surface area (Å²) in [5, 5.41) is 12.6. The standard InChI is InChI=1S/C25H23ClFN3S/c1-15(24-29-30-25(31-24)18-6-8-19(26)9-7-18)16-2-4-17(5-3-16)21-12-13-28-23-11-10-20(27)14-22(21)23/h6-17H,2-5H2,1H3/t15-,16?,17?/m1/s1. The van der Waals surface area contributed by atoms with E-state index in [1.54, 1.807) is 23.5 Å². The lowest BCUT2D eigenvalue weighted by atomic mass is 9.74. The van der Waals surface area contributed by atoms with Gasteiger partial charge in [-0.25, -0.2) is 4.39 Å². The number of fused-ring (bicyclic) bond motifs is 1. The van der Waals surface area contributed by atoms with E-state index in [1.165, 1.54) is 11.6 Å². The van der Waals surface area contributed by atoms with Crippen LogP contribution in [0.1, 0.15) is 55.0 Å². The number of pyridine rings is 1. The Kier molecular flexibility index (Phi) is 5.72. The van der Waals surface area contributed by atoms with E-state index in [-0.39, 0.29) is 5.82 Å². The zero-order valence-electron chi connectivity index (χ0n) is 17.3. The molecule has 31 heavy (non-hydrogen) atoms. The van der Waals surface area contributed by atoms with Gasteiger partial charge in [-0.1, -0.05) is 42.0 Å². The molecule has 0 aliphatic heterocycles. The SMILES string of the molecule is C[C@@H](c1nnc(-c2ccc(Cl)cc2)s1)C1CCC(c2ccnc3ccc(F)cc23)CC1. The molecule has 2 heterocycles. The maximum atomic E-state index is 13.8. The van der Waals surface area contributed by atoms with E-state index in [0.717, 1.165) is 57.2 Å². The van der Waals surface area contributed by atoms with Gasteiger partial charge in [0.05, 0.1) is 5.52 Å². The molecule has 1 saturated carbocycles. The molecular weight excluding hydrogens is 429 g/mol. The number of nitrogens with zero attached hydrogens (tertiary/aromatic N) is 3. The summed E-state index contributed by atoms with van der Waals surface area (Å²) in [5.41, 5.74) is 3.16. The van der Waals surface area contributed by atoms with Crippen LogP contribution in [0.3, 0.4) is 0 Å². The number of hydrogen-bond donors (Lipinski definition) is 0. The van der Waals surface area contributed by atoms with Crippen molar-refractivity contribution >= 4 is 33.8 Å². The second-order valence-corrected chi connectivity index (χ2v) is 9.86. The third-order valence-corrected chi connectivity index (χ3v) is 8.00. The highest BCUT2D eigenvalue weighted by Crippen LogP contribution is 2.44. The first-order chi connectivity index (χ1) is 15.1. The summed E-state index contributed by atoms with van der Waals surface area (Å²) < 4.78 is 13.8. The average molecular weight is 452 g/mol. The molecule has 4 aromatic rings. The van der Waals surface area contributed by atoms with Crippen LogP contribution in [0.15, 0.2) is 54.7 Å². The van der Waals surface area contributed by atoms with Crippen molar-refractivity contribution in [2.24, 2.45) is 5.92 Å². The van der Waals surface area contributed by atoms with Gasteiger partial charge in [0.1, 0.15) is 15.8 Å². The number of aromatic nitrogens is 3.